The molecule has 2 aromatic carbocycles. The Morgan fingerprint density at radius 1 is 1.00 bits per heavy atom. The quantitative estimate of drug-likeness (QED) is 0.684. The monoisotopic (exact) mass is 276 g/mol. The van der Waals surface area contributed by atoms with Gasteiger partial charge in [-0.15, -0.1) is 0 Å². The Labute approximate surface area is 111 Å². The number of carbonyl (C=O) groups is 1. The molecule has 0 aliphatic rings. The molecule has 4 nitrogen and oxygen atoms in total. The lowest BCUT2D eigenvalue weighted by atomic mass is 10.2. The molecule has 2 rings (SSSR count). The second kappa shape index (κ2) is 5.39. The van der Waals surface area contributed by atoms with Crippen molar-refractivity contribution in [3.05, 3.63) is 60.2 Å². The van der Waals surface area contributed by atoms with Gasteiger partial charge in [-0.1, -0.05) is 18.2 Å². The zero-order chi connectivity index (χ0) is 13.9. The van der Waals surface area contributed by atoms with Crippen LogP contribution in [0, 0.1) is 0 Å². The molecule has 0 fully saturated rings. The van der Waals surface area contributed by atoms with Crippen molar-refractivity contribution in [2.75, 3.05) is 7.11 Å². The summed E-state index contributed by atoms with van der Waals surface area (Å²) in [4.78, 5) is 21.5. The van der Waals surface area contributed by atoms with Gasteiger partial charge in [0.1, 0.15) is 0 Å². The van der Waals surface area contributed by atoms with Crippen molar-refractivity contribution >= 4 is 23.9 Å². The second-order valence-electron chi connectivity index (χ2n) is 3.95. The lowest BCUT2D eigenvalue weighted by Crippen LogP contribution is -2.15. The van der Waals surface area contributed by atoms with Crippen molar-refractivity contribution in [2.24, 2.45) is 0 Å². The summed E-state index contributed by atoms with van der Waals surface area (Å²) in [6, 6.07) is 14.3. The van der Waals surface area contributed by atoms with E-state index in [1.54, 1.807) is 30.3 Å². The van der Waals surface area contributed by atoms with Crippen LogP contribution < -0.4 is 10.6 Å². The summed E-state index contributed by atoms with van der Waals surface area (Å²) in [5.74, 6) is -0.473. The third kappa shape index (κ3) is 2.75. The van der Waals surface area contributed by atoms with Gasteiger partial charge < -0.3 is 9.63 Å². The fourth-order valence-corrected chi connectivity index (χ4v) is 3.12. The van der Waals surface area contributed by atoms with Crippen LogP contribution in [-0.4, -0.2) is 18.0 Å². The first-order valence-corrected chi connectivity index (χ1v) is 7.29. The molecule has 0 saturated heterocycles. The fraction of sp³-hybridized carbons (Fsp3) is 0.0714. The third-order valence-electron chi connectivity index (χ3n) is 2.74. The van der Waals surface area contributed by atoms with E-state index in [2.05, 4.69) is 4.74 Å². The van der Waals surface area contributed by atoms with Crippen LogP contribution in [0.5, 0.6) is 0 Å². The predicted octanol–water partition coefficient (Wildman–Crippen LogP) is 1.69. The maximum absolute atomic E-state index is 12.4. The summed E-state index contributed by atoms with van der Waals surface area (Å²) >= 11 is 0. The molecular weight excluding hydrogens is 263 g/mol. The highest BCUT2D eigenvalue weighted by molar-refractivity contribution is 7.73. The van der Waals surface area contributed by atoms with Crippen LogP contribution in [0.3, 0.4) is 0 Å². The largest absolute Gasteiger partial charge is 0.465 e. The summed E-state index contributed by atoms with van der Waals surface area (Å²) in [6.07, 6.45) is 0. The van der Waals surface area contributed by atoms with Gasteiger partial charge in [-0.3, -0.25) is 4.57 Å². The molecule has 0 aliphatic carbocycles. The first kappa shape index (κ1) is 13.5. The molecule has 0 radical (unpaired) electrons. The van der Waals surface area contributed by atoms with Crippen molar-refractivity contribution in [3.63, 3.8) is 0 Å². The van der Waals surface area contributed by atoms with Crippen LogP contribution in [0.15, 0.2) is 54.6 Å². The summed E-state index contributed by atoms with van der Waals surface area (Å²) in [5, 5.41) is 0.646. The molecule has 0 saturated carbocycles. The van der Waals surface area contributed by atoms with Crippen LogP contribution >= 0.6 is 7.37 Å². The van der Waals surface area contributed by atoms with Crippen LogP contribution in [0.25, 0.3) is 0 Å². The van der Waals surface area contributed by atoms with Gasteiger partial charge in [-0.2, -0.15) is 0 Å². The van der Waals surface area contributed by atoms with Crippen LogP contribution in [0.2, 0.25) is 0 Å². The number of esters is 1. The highest BCUT2D eigenvalue weighted by atomic mass is 31.2. The number of hydrogen-bond donors (Lipinski definition) is 1. The maximum atomic E-state index is 12.4. The Morgan fingerprint density at radius 2 is 1.53 bits per heavy atom. The van der Waals surface area contributed by atoms with E-state index in [4.69, 9.17) is 0 Å². The topological polar surface area (TPSA) is 63.6 Å². The van der Waals surface area contributed by atoms with E-state index >= 15 is 0 Å². The van der Waals surface area contributed by atoms with Gasteiger partial charge >= 0.3 is 5.97 Å². The van der Waals surface area contributed by atoms with Gasteiger partial charge in [0.25, 0.3) is 7.37 Å². The van der Waals surface area contributed by atoms with Crippen LogP contribution in [0.1, 0.15) is 10.4 Å². The number of rotatable bonds is 3. The molecule has 1 atom stereocenters. The normalized spacial score (nSPS) is 13.6. The number of carbonyl (C=O) groups excluding carboxylic acids is 1. The van der Waals surface area contributed by atoms with Crippen LogP contribution in [-0.2, 0) is 9.30 Å². The minimum atomic E-state index is -3.61. The van der Waals surface area contributed by atoms with Gasteiger partial charge in [0.05, 0.1) is 12.7 Å². The molecule has 0 heterocycles. The SMILES string of the molecule is COC(=O)c1ccc(P(=O)(O)c2ccccc2)cc1. The summed E-state index contributed by atoms with van der Waals surface area (Å²) in [7, 11) is -2.32. The number of benzene rings is 2. The standard InChI is InChI=1S/C14H13O4P/c1-18-14(15)11-7-9-13(10-8-11)19(16,17)12-5-3-2-4-6-12/h2-10H,1H3,(H,16,17). The van der Waals surface area contributed by atoms with Gasteiger partial charge in [0.15, 0.2) is 0 Å². The zero-order valence-electron chi connectivity index (χ0n) is 10.3. The van der Waals surface area contributed by atoms with Crippen molar-refractivity contribution in [1.82, 2.24) is 0 Å². The molecular formula is C14H13O4P. The van der Waals surface area contributed by atoms with Crippen molar-refractivity contribution in [3.8, 4) is 0 Å². The predicted molar refractivity (Wildman–Crippen MR) is 73.3 cm³/mol. The minimum Gasteiger partial charge on any atom is -0.465 e. The van der Waals surface area contributed by atoms with Gasteiger partial charge in [-0.25, -0.2) is 4.79 Å². The smallest absolute Gasteiger partial charge is 0.337 e. The Kier molecular flexibility index (Phi) is 3.84. The molecule has 0 aliphatic heterocycles. The molecule has 2 aromatic rings. The van der Waals surface area contributed by atoms with Crippen molar-refractivity contribution in [2.45, 2.75) is 0 Å². The Hall–Kier alpha value is -1.90. The third-order valence-corrected chi connectivity index (χ3v) is 4.74. The molecule has 1 N–H and O–H groups in total. The molecule has 0 spiro atoms. The zero-order valence-corrected chi connectivity index (χ0v) is 11.2. The van der Waals surface area contributed by atoms with E-state index in [9.17, 15) is 14.3 Å². The first-order valence-electron chi connectivity index (χ1n) is 5.63. The fourth-order valence-electron chi connectivity index (χ4n) is 1.70. The lowest BCUT2D eigenvalue weighted by Gasteiger charge is -2.12. The average molecular weight is 276 g/mol. The average Bonchev–Trinajstić information content (AvgIpc) is 2.47. The van der Waals surface area contributed by atoms with E-state index < -0.39 is 13.3 Å². The van der Waals surface area contributed by atoms with Gasteiger partial charge in [0.2, 0.25) is 0 Å². The van der Waals surface area contributed by atoms with Crippen molar-refractivity contribution < 1.29 is 19.0 Å². The molecule has 19 heavy (non-hydrogen) atoms. The molecule has 5 heteroatoms. The van der Waals surface area contributed by atoms with E-state index in [0.29, 0.717) is 10.9 Å². The van der Waals surface area contributed by atoms with Gasteiger partial charge in [-0.05, 0) is 36.4 Å². The van der Waals surface area contributed by atoms with E-state index in [0.717, 1.165) is 0 Å². The highest BCUT2D eigenvalue weighted by Crippen LogP contribution is 2.37. The van der Waals surface area contributed by atoms with Crippen molar-refractivity contribution in [1.29, 1.82) is 0 Å². The second-order valence-corrected chi connectivity index (χ2v) is 6.13. The van der Waals surface area contributed by atoms with E-state index in [1.807, 2.05) is 0 Å². The summed E-state index contributed by atoms with van der Waals surface area (Å²) in [6.45, 7) is 0. The molecule has 1 unspecified atom stereocenters. The number of methoxy groups -OCH3 is 1. The van der Waals surface area contributed by atoms with Gasteiger partial charge in [0, 0.05) is 10.6 Å². The highest BCUT2D eigenvalue weighted by Gasteiger charge is 2.23. The Bertz CT molecular complexity index is 620. The first-order chi connectivity index (χ1) is 9.05. The molecule has 0 amide bonds. The summed E-state index contributed by atoms with van der Waals surface area (Å²) < 4.78 is 17.0. The summed E-state index contributed by atoms with van der Waals surface area (Å²) in [5.41, 5.74) is 0.347. The Morgan fingerprint density at radius 3 is 2.05 bits per heavy atom. The van der Waals surface area contributed by atoms with E-state index in [1.165, 1.54) is 31.4 Å². The number of ether oxygens (including phenoxy) is 1. The molecule has 0 aromatic heterocycles. The van der Waals surface area contributed by atoms with Crippen LogP contribution in [0.4, 0.5) is 0 Å². The molecule has 98 valence electrons. The van der Waals surface area contributed by atoms with E-state index in [-0.39, 0.29) is 5.30 Å². The minimum absolute atomic E-state index is 0.284. The lowest BCUT2D eigenvalue weighted by molar-refractivity contribution is 0.0600. The molecule has 0 bridgehead atoms. The Balaban J connectivity index is 2.37. The maximum Gasteiger partial charge on any atom is 0.337 e. The number of hydrogen-bond acceptors (Lipinski definition) is 3.